The van der Waals surface area contributed by atoms with Gasteiger partial charge >= 0.3 is 0 Å². The summed E-state index contributed by atoms with van der Waals surface area (Å²) < 4.78 is 33.1. The quantitative estimate of drug-likeness (QED) is 0.255. The molecule has 1 saturated carbocycles. The average molecular weight is 449 g/mol. The highest BCUT2D eigenvalue weighted by atomic mass is 79.9. The highest BCUT2D eigenvalue weighted by Crippen LogP contribution is 2.26. The van der Waals surface area contributed by atoms with Gasteiger partial charge in [0, 0.05) is 30.6 Å². The first kappa shape index (κ1) is 21.3. The summed E-state index contributed by atoms with van der Waals surface area (Å²) in [6, 6.07) is 4.93. The molecule has 1 aromatic carbocycles. The van der Waals surface area contributed by atoms with E-state index in [2.05, 4.69) is 20.7 Å². The molecule has 7 nitrogen and oxygen atoms in total. The number of nitrogens with zero attached hydrogens (tertiary/aromatic N) is 1. The van der Waals surface area contributed by atoms with Gasteiger partial charge in [0.2, 0.25) is 10.0 Å². The maximum atomic E-state index is 12.3. The van der Waals surface area contributed by atoms with E-state index in [1.165, 1.54) is 24.3 Å². The second kappa shape index (κ2) is 10.3. The van der Waals surface area contributed by atoms with Crippen LogP contribution in [0.15, 0.2) is 29.2 Å². The van der Waals surface area contributed by atoms with Crippen molar-refractivity contribution in [1.29, 1.82) is 0 Å². The normalized spacial score (nSPS) is 20.8. The van der Waals surface area contributed by atoms with Gasteiger partial charge in [-0.1, -0.05) is 15.9 Å². The fourth-order valence-corrected chi connectivity index (χ4v) is 4.52. The van der Waals surface area contributed by atoms with Gasteiger partial charge in [0.05, 0.1) is 15.9 Å². The van der Waals surface area contributed by atoms with Crippen molar-refractivity contribution >= 4 is 31.6 Å². The van der Waals surface area contributed by atoms with E-state index in [-0.39, 0.29) is 16.7 Å². The van der Waals surface area contributed by atoms with Crippen LogP contribution in [0.2, 0.25) is 0 Å². The third kappa shape index (κ3) is 6.61. The lowest BCUT2D eigenvalue weighted by Gasteiger charge is -2.28. The van der Waals surface area contributed by atoms with Gasteiger partial charge in [-0.25, -0.2) is 13.1 Å². The third-order valence-electron chi connectivity index (χ3n) is 4.60. The Labute approximate surface area is 162 Å². The zero-order valence-corrected chi connectivity index (χ0v) is 17.0. The standard InChI is InChI=1S/C17H25BrN2O5S/c18-11-1-2-12-25-16-7-3-14(4-8-16)13-19-26(23,24)17-9-5-15(6-10-17)20(21)22/h5-6,9-10,14,16,19H,1-4,7-8,11-13H2. The van der Waals surface area contributed by atoms with E-state index in [4.69, 9.17) is 4.74 Å². The molecule has 1 N–H and O–H groups in total. The molecular formula is C17H25BrN2O5S. The molecule has 2 rings (SSSR count). The number of hydrogen-bond acceptors (Lipinski definition) is 5. The van der Waals surface area contributed by atoms with E-state index in [1.54, 1.807) is 0 Å². The first-order valence-corrected chi connectivity index (χ1v) is 11.4. The van der Waals surface area contributed by atoms with Crippen molar-refractivity contribution in [2.75, 3.05) is 18.5 Å². The molecule has 26 heavy (non-hydrogen) atoms. The zero-order chi connectivity index (χ0) is 19.0. The predicted octanol–water partition coefficient (Wildman–Crippen LogP) is 3.62. The van der Waals surface area contributed by atoms with Crippen LogP contribution in [-0.4, -0.2) is 37.9 Å². The van der Waals surface area contributed by atoms with Crippen LogP contribution in [0.5, 0.6) is 0 Å². The molecule has 1 fully saturated rings. The summed E-state index contributed by atoms with van der Waals surface area (Å²) in [4.78, 5) is 10.1. The first-order valence-electron chi connectivity index (χ1n) is 8.84. The Hall–Kier alpha value is -1.03. The molecule has 0 heterocycles. The topological polar surface area (TPSA) is 98.5 Å². The molecule has 1 aliphatic carbocycles. The summed E-state index contributed by atoms with van der Waals surface area (Å²) in [7, 11) is -3.64. The minimum absolute atomic E-state index is 0.0481. The molecule has 0 spiro atoms. The number of nitrogens with one attached hydrogen (secondary N) is 1. The van der Waals surface area contributed by atoms with Gasteiger partial charge in [0.25, 0.3) is 5.69 Å². The van der Waals surface area contributed by atoms with Gasteiger partial charge in [0.1, 0.15) is 0 Å². The van der Waals surface area contributed by atoms with Crippen molar-refractivity contribution in [3.63, 3.8) is 0 Å². The smallest absolute Gasteiger partial charge is 0.269 e. The molecule has 0 unspecified atom stereocenters. The van der Waals surface area contributed by atoms with Crippen molar-refractivity contribution in [3.05, 3.63) is 34.4 Å². The lowest BCUT2D eigenvalue weighted by molar-refractivity contribution is -0.384. The van der Waals surface area contributed by atoms with Crippen molar-refractivity contribution in [3.8, 4) is 0 Å². The molecule has 0 radical (unpaired) electrons. The number of unbranched alkanes of at least 4 members (excludes halogenated alkanes) is 1. The fourth-order valence-electron chi connectivity index (χ4n) is 3.01. The molecule has 1 aromatic rings. The largest absolute Gasteiger partial charge is 0.378 e. The number of nitro groups is 1. The molecule has 0 bridgehead atoms. The Morgan fingerprint density at radius 1 is 1.15 bits per heavy atom. The summed E-state index contributed by atoms with van der Waals surface area (Å²) in [6.45, 7) is 1.17. The van der Waals surface area contributed by atoms with E-state index in [1.807, 2.05) is 0 Å². The van der Waals surface area contributed by atoms with Gasteiger partial charge in [-0.3, -0.25) is 10.1 Å². The van der Waals surface area contributed by atoms with E-state index in [0.29, 0.717) is 12.5 Å². The van der Waals surface area contributed by atoms with Crippen LogP contribution in [0, 0.1) is 16.0 Å². The van der Waals surface area contributed by atoms with Crippen LogP contribution in [0.4, 0.5) is 5.69 Å². The number of alkyl halides is 1. The number of hydrogen-bond donors (Lipinski definition) is 1. The highest BCUT2D eigenvalue weighted by Gasteiger charge is 2.24. The lowest BCUT2D eigenvalue weighted by Crippen LogP contribution is -2.32. The molecule has 0 amide bonds. The Bertz CT molecular complexity index is 673. The first-order chi connectivity index (χ1) is 12.4. The van der Waals surface area contributed by atoms with Gasteiger partial charge < -0.3 is 4.74 Å². The lowest BCUT2D eigenvalue weighted by atomic mass is 9.87. The molecule has 0 saturated heterocycles. The number of non-ortho nitro benzene ring substituents is 1. The summed E-state index contributed by atoms with van der Waals surface area (Å²) in [6.07, 6.45) is 6.24. The van der Waals surface area contributed by atoms with Crippen molar-refractivity contribution in [1.82, 2.24) is 4.72 Å². The zero-order valence-electron chi connectivity index (χ0n) is 14.6. The van der Waals surface area contributed by atoms with Gasteiger partial charge in [-0.2, -0.15) is 0 Å². The van der Waals surface area contributed by atoms with Crippen molar-refractivity contribution in [2.24, 2.45) is 5.92 Å². The molecule has 0 aliphatic heterocycles. The Kier molecular flexibility index (Phi) is 8.46. The molecule has 0 atom stereocenters. The van der Waals surface area contributed by atoms with Crippen molar-refractivity contribution in [2.45, 2.75) is 49.5 Å². The Balaban J connectivity index is 1.75. The van der Waals surface area contributed by atoms with E-state index in [9.17, 15) is 18.5 Å². The second-order valence-electron chi connectivity index (χ2n) is 6.51. The molecular weight excluding hydrogens is 424 g/mol. The molecule has 9 heteroatoms. The summed E-state index contributed by atoms with van der Waals surface area (Å²) in [5.41, 5.74) is -0.126. The van der Waals surface area contributed by atoms with E-state index in [0.717, 1.165) is 50.5 Å². The summed E-state index contributed by atoms with van der Waals surface area (Å²) in [5, 5.41) is 11.6. The number of halogens is 1. The second-order valence-corrected chi connectivity index (χ2v) is 9.07. The summed E-state index contributed by atoms with van der Waals surface area (Å²) >= 11 is 3.40. The van der Waals surface area contributed by atoms with Gasteiger partial charge in [-0.05, 0) is 56.6 Å². The number of ether oxygens (including phenoxy) is 1. The molecule has 0 aromatic heterocycles. The maximum absolute atomic E-state index is 12.3. The average Bonchev–Trinajstić information content (AvgIpc) is 2.64. The number of benzene rings is 1. The monoisotopic (exact) mass is 448 g/mol. The predicted molar refractivity (Wildman–Crippen MR) is 103 cm³/mol. The van der Waals surface area contributed by atoms with Crippen LogP contribution >= 0.6 is 15.9 Å². The summed E-state index contributed by atoms with van der Waals surface area (Å²) in [5.74, 6) is 0.296. The van der Waals surface area contributed by atoms with Gasteiger partial charge in [-0.15, -0.1) is 0 Å². The van der Waals surface area contributed by atoms with E-state index >= 15 is 0 Å². The van der Waals surface area contributed by atoms with Crippen LogP contribution in [0.1, 0.15) is 38.5 Å². The minimum atomic E-state index is -3.64. The SMILES string of the molecule is O=[N+]([O-])c1ccc(S(=O)(=O)NCC2CCC(OCCCCBr)CC2)cc1. The number of nitro benzene ring substituents is 1. The molecule has 146 valence electrons. The van der Waals surface area contributed by atoms with E-state index < -0.39 is 14.9 Å². The number of sulfonamides is 1. The Morgan fingerprint density at radius 2 is 1.81 bits per heavy atom. The highest BCUT2D eigenvalue weighted by molar-refractivity contribution is 9.09. The van der Waals surface area contributed by atoms with Crippen LogP contribution in [0.25, 0.3) is 0 Å². The third-order valence-corrected chi connectivity index (χ3v) is 6.60. The maximum Gasteiger partial charge on any atom is 0.269 e. The molecule has 1 aliphatic rings. The Morgan fingerprint density at radius 3 is 2.38 bits per heavy atom. The van der Waals surface area contributed by atoms with Crippen LogP contribution in [-0.2, 0) is 14.8 Å². The number of rotatable bonds is 10. The van der Waals surface area contributed by atoms with Crippen LogP contribution in [0.3, 0.4) is 0 Å². The van der Waals surface area contributed by atoms with Crippen molar-refractivity contribution < 1.29 is 18.1 Å². The van der Waals surface area contributed by atoms with Crippen LogP contribution < -0.4 is 4.72 Å². The fraction of sp³-hybridized carbons (Fsp3) is 0.647. The van der Waals surface area contributed by atoms with Gasteiger partial charge in [0.15, 0.2) is 0 Å². The minimum Gasteiger partial charge on any atom is -0.378 e.